The van der Waals surface area contributed by atoms with Crippen molar-refractivity contribution in [2.75, 3.05) is 20.1 Å². The van der Waals surface area contributed by atoms with Gasteiger partial charge in [-0.05, 0) is 44.5 Å². The van der Waals surface area contributed by atoms with Crippen molar-refractivity contribution in [3.8, 4) is 0 Å². The maximum absolute atomic E-state index is 5.45. The largest absolute Gasteiger partial charge is 0.468 e. The fourth-order valence-corrected chi connectivity index (χ4v) is 3.07. The molecule has 18 heavy (non-hydrogen) atoms. The lowest BCUT2D eigenvalue weighted by atomic mass is 9.84. The van der Waals surface area contributed by atoms with Crippen LogP contribution in [0.5, 0.6) is 0 Å². The second-order valence-electron chi connectivity index (χ2n) is 5.35. The van der Waals surface area contributed by atoms with Crippen LogP contribution in [0.25, 0.3) is 0 Å². The molecule has 2 rings (SSSR count). The van der Waals surface area contributed by atoms with Gasteiger partial charge in [0.15, 0.2) is 0 Å². The Labute approximate surface area is 111 Å². The zero-order valence-electron chi connectivity index (χ0n) is 11.7. The molecule has 1 aliphatic carbocycles. The van der Waals surface area contributed by atoms with E-state index in [4.69, 9.17) is 4.42 Å². The van der Waals surface area contributed by atoms with Gasteiger partial charge in [0.2, 0.25) is 0 Å². The van der Waals surface area contributed by atoms with Gasteiger partial charge in [-0.3, -0.25) is 4.90 Å². The molecule has 3 heteroatoms. The van der Waals surface area contributed by atoms with E-state index >= 15 is 0 Å². The zero-order valence-corrected chi connectivity index (χ0v) is 11.7. The van der Waals surface area contributed by atoms with Gasteiger partial charge in [0.05, 0.1) is 12.8 Å². The van der Waals surface area contributed by atoms with Gasteiger partial charge in [-0.25, -0.2) is 0 Å². The molecular formula is C15H26N2O. The molecular weight excluding hydrogens is 224 g/mol. The summed E-state index contributed by atoms with van der Waals surface area (Å²) in [5, 5.41) is 3.49. The van der Waals surface area contributed by atoms with E-state index < -0.39 is 0 Å². The maximum Gasteiger partial charge on any atom is 0.117 e. The Morgan fingerprint density at radius 1 is 1.39 bits per heavy atom. The molecule has 0 amide bonds. The molecule has 0 saturated heterocycles. The lowest BCUT2D eigenvalue weighted by Gasteiger charge is -2.34. The Bertz CT molecular complexity index is 323. The summed E-state index contributed by atoms with van der Waals surface area (Å²) in [5.74, 6) is 1.87. The van der Waals surface area contributed by atoms with Crippen LogP contribution >= 0.6 is 0 Å². The summed E-state index contributed by atoms with van der Waals surface area (Å²) < 4.78 is 5.45. The maximum atomic E-state index is 5.45. The summed E-state index contributed by atoms with van der Waals surface area (Å²) in [6, 6.07) is 4.74. The molecule has 1 aliphatic rings. The molecule has 1 aromatic heterocycles. The highest BCUT2D eigenvalue weighted by molar-refractivity contribution is 4.98. The van der Waals surface area contributed by atoms with Crippen molar-refractivity contribution in [3.05, 3.63) is 24.2 Å². The number of hydrogen-bond acceptors (Lipinski definition) is 3. The second kappa shape index (κ2) is 6.95. The van der Waals surface area contributed by atoms with E-state index in [2.05, 4.69) is 30.3 Å². The summed E-state index contributed by atoms with van der Waals surface area (Å²) in [7, 11) is 2.10. The Kier molecular flexibility index (Phi) is 5.26. The van der Waals surface area contributed by atoms with Crippen LogP contribution in [-0.2, 0) is 6.54 Å². The van der Waals surface area contributed by atoms with Crippen molar-refractivity contribution in [1.29, 1.82) is 0 Å². The van der Waals surface area contributed by atoms with Crippen LogP contribution in [0.1, 0.15) is 38.4 Å². The molecule has 1 fully saturated rings. The predicted octanol–water partition coefficient (Wildman–Crippen LogP) is 2.88. The van der Waals surface area contributed by atoms with Crippen molar-refractivity contribution in [2.45, 2.75) is 45.2 Å². The fraction of sp³-hybridized carbons (Fsp3) is 0.733. The standard InChI is InChI=1S/C15H26N2O/c1-3-17(12-14-8-6-10-18-14)11-13-7-4-5-9-15(13)16-2/h6,8,10,13,15-16H,3-5,7,9,11-12H2,1-2H3. The monoisotopic (exact) mass is 250 g/mol. The Morgan fingerprint density at radius 3 is 2.89 bits per heavy atom. The number of nitrogens with zero attached hydrogens (tertiary/aromatic N) is 1. The molecule has 0 radical (unpaired) electrons. The third-order valence-electron chi connectivity index (χ3n) is 4.18. The quantitative estimate of drug-likeness (QED) is 0.841. The number of furan rings is 1. The van der Waals surface area contributed by atoms with E-state index in [1.54, 1.807) is 6.26 Å². The van der Waals surface area contributed by atoms with Crippen LogP contribution in [0.2, 0.25) is 0 Å². The van der Waals surface area contributed by atoms with Crippen LogP contribution in [0.15, 0.2) is 22.8 Å². The van der Waals surface area contributed by atoms with Gasteiger partial charge in [-0.15, -0.1) is 0 Å². The van der Waals surface area contributed by atoms with E-state index in [9.17, 15) is 0 Å². The molecule has 1 heterocycles. The summed E-state index contributed by atoms with van der Waals surface area (Å²) in [5.41, 5.74) is 0. The van der Waals surface area contributed by atoms with E-state index in [1.807, 2.05) is 6.07 Å². The van der Waals surface area contributed by atoms with Gasteiger partial charge in [0, 0.05) is 12.6 Å². The smallest absolute Gasteiger partial charge is 0.117 e. The summed E-state index contributed by atoms with van der Waals surface area (Å²) in [6.45, 7) is 5.45. The molecule has 1 saturated carbocycles. The third kappa shape index (κ3) is 3.59. The average molecular weight is 250 g/mol. The van der Waals surface area contributed by atoms with Gasteiger partial charge in [-0.2, -0.15) is 0 Å². The van der Waals surface area contributed by atoms with Crippen molar-refractivity contribution in [1.82, 2.24) is 10.2 Å². The molecule has 0 aromatic carbocycles. The van der Waals surface area contributed by atoms with Gasteiger partial charge in [-0.1, -0.05) is 19.8 Å². The topological polar surface area (TPSA) is 28.4 Å². The van der Waals surface area contributed by atoms with Crippen molar-refractivity contribution in [2.24, 2.45) is 5.92 Å². The first kappa shape index (κ1) is 13.6. The van der Waals surface area contributed by atoms with Crippen LogP contribution in [0, 0.1) is 5.92 Å². The average Bonchev–Trinajstić information content (AvgIpc) is 2.91. The fourth-order valence-electron chi connectivity index (χ4n) is 3.07. The van der Waals surface area contributed by atoms with Crippen LogP contribution in [0.3, 0.4) is 0 Å². The van der Waals surface area contributed by atoms with Crippen LogP contribution in [0.4, 0.5) is 0 Å². The van der Waals surface area contributed by atoms with E-state index in [0.717, 1.165) is 24.8 Å². The minimum Gasteiger partial charge on any atom is -0.468 e. The first-order chi connectivity index (χ1) is 8.83. The Hall–Kier alpha value is -0.800. The number of rotatable bonds is 6. The number of hydrogen-bond donors (Lipinski definition) is 1. The van der Waals surface area contributed by atoms with E-state index in [-0.39, 0.29) is 0 Å². The van der Waals surface area contributed by atoms with E-state index in [1.165, 1.54) is 32.2 Å². The third-order valence-corrected chi connectivity index (χ3v) is 4.18. The molecule has 2 unspecified atom stereocenters. The normalized spacial score (nSPS) is 24.6. The minimum atomic E-state index is 0.699. The molecule has 3 nitrogen and oxygen atoms in total. The summed E-state index contributed by atoms with van der Waals surface area (Å²) in [6.07, 6.45) is 7.23. The first-order valence-corrected chi connectivity index (χ1v) is 7.25. The first-order valence-electron chi connectivity index (χ1n) is 7.25. The molecule has 0 aliphatic heterocycles. The van der Waals surface area contributed by atoms with Crippen molar-refractivity contribution < 1.29 is 4.42 Å². The Morgan fingerprint density at radius 2 is 2.22 bits per heavy atom. The van der Waals surface area contributed by atoms with Gasteiger partial charge < -0.3 is 9.73 Å². The highest BCUT2D eigenvalue weighted by Crippen LogP contribution is 2.25. The highest BCUT2D eigenvalue weighted by atomic mass is 16.3. The van der Waals surface area contributed by atoms with Gasteiger partial charge >= 0.3 is 0 Å². The lowest BCUT2D eigenvalue weighted by Crippen LogP contribution is -2.42. The van der Waals surface area contributed by atoms with Crippen LogP contribution < -0.4 is 5.32 Å². The lowest BCUT2D eigenvalue weighted by molar-refractivity contribution is 0.164. The molecule has 1 aromatic rings. The van der Waals surface area contributed by atoms with Crippen LogP contribution in [-0.4, -0.2) is 31.1 Å². The summed E-state index contributed by atoms with van der Waals surface area (Å²) >= 11 is 0. The molecule has 0 spiro atoms. The molecule has 102 valence electrons. The van der Waals surface area contributed by atoms with Crippen molar-refractivity contribution >= 4 is 0 Å². The summed E-state index contributed by atoms with van der Waals surface area (Å²) in [4.78, 5) is 2.50. The minimum absolute atomic E-state index is 0.699. The van der Waals surface area contributed by atoms with E-state index in [0.29, 0.717) is 6.04 Å². The van der Waals surface area contributed by atoms with Gasteiger partial charge in [0.1, 0.15) is 5.76 Å². The SMILES string of the molecule is CCN(Cc1ccco1)CC1CCCCC1NC. The number of nitrogens with one attached hydrogen (secondary N) is 1. The van der Waals surface area contributed by atoms with Crippen molar-refractivity contribution in [3.63, 3.8) is 0 Å². The second-order valence-corrected chi connectivity index (χ2v) is 5.35. The highest BCUT2D eigenvalue weighted by Gasteiger charge is 2.25. The van der Waals surface area contributed by atoms with Gasteiger partial charge in [0.25, 0.3) is 0 Å². The predicted molar refractivity (Wildman–Crippen MR) is 74.5 cm³/mol. The Balaban J connectivity index is 1.88. The molecule has 0 bridgehead atoms. The molecule has 1 N–H and O–H groups in total. The molecule has 2 atom stereocenters. The zero-order chi connectivity index (χ0) is 12.8.